The molecule has 1 saturated heterocycles. The van der Waals surface area contributed by atoms with E-state index in [2.05, 4.69) is 16.5 Å². The average Bonchev–Trinajstić information content (AvgIpc) is 2.45. The van der Waals surface area contributed by atoms with Crippen LogP contribution in [0, 0.1) is 5.92 Å². The van der Waals surface area contributed by atoms with Crippen molar-refractivity contribution in [3.05, 3.63) is 23.2 Å². The zero-order valence-corrected chi connectivity index (χ0v) is 13.8. The van der Waals surface area contributed by atoms with Crippen LogP contribution in [0.5, 0.6) is 0 Å². The quantitative estimate of drug-likeness (QED) is 0.808. The highest BCUT2D eigenvalue weighted by atomic mass is 35.5. The SMILES string of the molecule is CCN1CCC(CNS(=O)(=O)c2c(N)cccc2Cl)CC1. The Morgan fingerprint density at radius 2 is 2.05 bits per heavy atom. The smallest absolute Gasteiger partial charge is 0.244 e. The Morgan fingerprint density at radius 3 is 2.62 bits per heavy atom. The molecule has 1 heterocycles. The minimum atomic E-state index is -3.66. The number of rotatable bonds is 5. The van der Waals surface area contributed by atoms with Crippen LogP contribution >= 0.6 is 11.6 Å². The number of nitrogen functional groups attached to an aromatic ring is 1. The van der Waals surface area contributed by atoms with Gasteiger partial charge in [0.05, 0.1) is 10.7 Å². The maximum atomic E-state index is 12.4. The highest BCUT2D eigenvalue weighted by Crippen LogP contribution is 2.27. The first-order chi connectivity index (χ1) is 9.94. The lowest BCUT2D eigenvalue weighted by atomic mass is 9.97. The van der Waals surface area contributed by atoms with E-state index in [1.165, 1.54) is 6.07 Å². The van der Waals surface area contributed by atoms with E-state index < -0.39 is 10.0 Å². The number of nitrogens with two attached hydrogens (primary N) is 1. The lowest BCUT2D eigenvalue weighted by Gasteiger charge is -2.31. The van der Waals surface area contributed by atoms with Gasteiger partial charge in [0.25, 0.3) is 0 Å². The van der Waals surface area contributed by atoms with Crippen molar-refractivity contribution in [2.45, 2.75) is 24.7 Å². The number of nitrogens with one attached hydrogen (secondary N) is 1. The van der Waals surface area contributed by atoms with Gasteiger partial charge in [-0.3, -0.25) is 0 Å². The van der Waals surface area contributed by atoms with Crippen LogP contribution in [0.15, 0.2) is 23.1 Å². The van der Waals surface area contributed by atoms with E-state index in [0.717, 1.165) is 32.5 Å². The number of hydrogen-bond acceptors (Lipinski definition) is 4. The Bertz CT molecular complexity index is 564. The number of likely N-dealkylation sites (tertiary alicyclic amines) is 1. The molecule has 1 aromatic carbocycles. The number of nitrogens with zero attached hydrogens (tertiary/aromatic N) is 1. The highest BCUT2D eigenvalue weighted by molar-refractivity contribution is 7.89. The van der Waals surface area contributed by atoms with E-state index in [9.17, 15) is 8.42 Å². The summed E-state index contributed by atoms with van der Waals surface area (Å²) in [6, 6.07) is 4.71. The van der Waals surface area contributed by atoms with Gasteiger partial charge in [-0.25, -0.2) is 13.1 Å². The molecule has 0 aromatic heterocycles. The Balaban J connectivity index is 1.99. The van der Waals surface area contributed by atoms with E-state index in [1.807, 2.05) is 0 Å². The van der Waals surface area contributed by atoms with Crippen molar-refractivity contribution in [2.75, 3.05) is 31.9 Å². The number of hydrogen-bond donors (Lipinski definition) is 2. The highest BCUT2D eigenvalue weighted by Gasteiger charge is 2.24. The molecule has 3 N–H and O–H groups in total. The van der Waals surface area contributed by atoms with Crippen LogP contribution in [0.2, 0.25) is 5.02 Å². The number of anilines is 1. The zero-order valence-electron chi connectivity index (χ0n) is 12.2. The zero-order chi connectivity index (χ0) is 15.5. The summed E-state index contributed by atoms with van der Waals surface area (Å²) < 4.78 is 27.4. The van der Waals surface area contributed by atoms with Gasteiger partial charge >= 0.3 is 0 Å². The van der Waals surface area contributed by atoms with Gasteiger partial charge in [0.15, 0.2) is 0 Å². The molecule has 1 aliphatic heterocycles. The van der Waals surface area contributed by atoms with Crippen molar-refractivity contribution in [1.82, 2.24) is 9.62 Å². The Labute approximate surface area is 131 Å². The predicted octanol–water partition coefficient (Wildman–Crippen LogP) is 1.93. The molecule has 0 amide bonds. The van der Waals surface area contributed by atoms with Gasteiger partial charge in [0, 0.05) is 6.54 Å². The lowest BCUT2D eigenvalue weighted by Crippen LogP contribution is -2.38. The fourth-order valence-corrected chi connectivity index (χ4v) is 4.40. The summed E-state index contributed by atoms with van der Waals surface area (Å²) in [5.74, 6) is 0.367. The maximum absolute atomic E-state index is 12.4. The maximum Gasteiger partial charge on any atom is 0.244 e. The van der Waals surface area contributed by atoms with Crippen LogP contribution in [0.3, 0.4) is 0 Å². The molecule has 0 saturated carbocycles. The van der Waals surface area contributed by atoms with Gasteiger partial charge in [0.2, 0.25) is 10.0 Å². The summed E-state index contributed by atoms with van der Waals surface area (Å²) in [7, 11) is -3.66. The molecule has 1 aromatic rings. The largest absolute Gasteiger partial charge is 0.398 e. The second-order valence-electron chi connectivity index (χ2n) is 5.39. The molecule has 7 heteroatoms. The molecule has 2 rings (SSSR count). The molecular weight excluding hydrogens is 310 g/mol. The number of halogens is 1. The number of piperidine rings is 1. The van der Waals surface area contributed by atoms with Crippen LogP contribution in [0.4, 0.5) is 5.69 Å². The van der Waals surface area contributed by atoms with Gasteiger partial charge < -0.3 is 10.6 Å². The second-order valence-corrected chi connectivity index (χ2v) is 7.50. The molecular formula is C14H22ClN3O2S. The predicted molar refractivity (Wildman–Crippen MR) is 85.9 cm³/mol. The molecule has 0 radical (unpaired) electrons. The minimum Gasteiger partial charge on any atom is -0.398 e. The summed E-state index contributed by atoms with van der Waals surface area (Å²) in [4.78, 5) is 2.36. The van der Waals surface area contributed by atoms with Crippen LogP contribution in [0.25, 0.3) is 0 Å². The van der Waals surface area contributed by atoms with Crippen molar-refractivity contribution < 1.29 is 8.42 Å². The molecule has 0 spiro atoms. The van der Waals surface area contributed by atoms with Crippen molar-refractivity contribution in [3.63, 3.8) is 0 Å². The van der Waals surface area contributed by atoms with E-state index in [4.69, 9.17) is 17.3 Å². The topological polar surface area (TPSA) is 75.4 Å². The van der Waals surface area contributed by atoms with Crippen LogP contribution < -0.4 is 10.5 Å². The Morgan fingerprint density at radius 1 is 1.38 bits per heavy atom. The molecule has 0 unspecified atom stereocenters. The Kier molecular flexibility index (Phi) is 5.48. The third-order valence-corrected chi connectivity index (χ3v) is 5.95. The minimum absolute atomic E-state index is 0.0161. The first kappa shape index (κ1) is 16.5. The molecule has 0 aliphatic carbocycles. The van der Waals surface area contributed by atoms with Gasteiger partial charge in [-0.1, -0.05) is 24.6 Å². The van der Waals surface area contributed by atoms with Gasteiger partial charge in [-0.05, 0) is 50.5 Å². The monoisotopic (exact) mass is 331 g/mol. The van der Waals surface area contributed by atoms with E-state index >= 15 is 0 Å². The third kappa shape index (κ3) is 4.10. The molecule has 1 fully saturated rings. The normalized spacial score (nSPS) is 18.0. The fraction of sp³-hybridized carbons (Fsp3) is 0.571. The second kappa shape index (κ2) is 6.96. The van der Waals surface area contributed by atoms with Crippen LogP contribution in [0.1, 0.15) is 19.8 Å². The van der Waals surface area contributed by atoms with Crippen LogP contribution in [-0.2, 0) is 10.0 Å². The van der Waals surface area contributed by atoms with Crippen molar-refractivity contribution in [3.8, 4) is 0 Å². The number of benzene rings is 1. The van der Waals surface area contributed by atoms with Gasteiger partial charge in [-0.2, -0.15) is 0 Å². The molecule has 118 valence electrons. The van der Waals surface area contributed by atoms with Gasteiger partial charge in [0.1, 0.15) is 4.90 Å². The fourth-order valence-electron chi connectivity index (χ4n) is 2.62. The first-order valence-corrected chi connectivity index (χ1v) is 9.06. The summed E-state index contributed by atoms with van der Waals surface area (Å²) in [5.41, 5.74) is 5.92. The summed E-state index contributed by atoms with van der Waals surface area (Å²) in [5, 5.41) is 0.156. The Hall–Kier alpha value is -0.820. The first-order valence-electron chi connectivity index (χ1n) is 7.20. The average molecular weight is 332 g/mol. The molecule has 21 heavy (non-hydrogen) atoms. The summed E-state index contributed by atoms with van der Waals surface area (Å²) in [6.07, 6.45) is 2.02. The molecule has 0 bridgehead atoms. The lowest BCUT2D eigenvalue weighted by molar-refractivity contribution is 0.194. The third-order valence-electron chi connectivity index (χ3n) is 3.98. The van der Waals surface area contributed by atoms with E-state index in [-0.39, 0.29) is 15.6 Å². The van der Waals surface area contributed by atoms with E-state index in [0.29, 0.717) is 12.5 Å². The molecule has 0 atom stereocenters. The van der Waals surface area contributed by atoms with Gasteiger partial charge in [-0.15, -0.1) is 0 Å². The number of sulfonamides is 1. The van der Waals surface area contributed by atoms with Crippen LogP contribution in [-0.4, -0.2) is 39.5 Å². The standard InChI is InChI=1S/C14H22ClN3O2S/c1-2-18-8-6-11(7-9-18)10-17-21(19,20)14-12(15)4-3-5-13(14)16/h3-5,11,17H,2,6-10,16H2,1H3. The van der Waals surface area contributed by atoms with Crippen molar-refractivity contribution in [1.29, 1.82) is 0 Å². The molecule has 5 nitrogen and oxygen atoms in total. The molecule has 1 aliphatic rings. The van der Waals surface area contributed by atoms with Crippen molar-refractivity contribution in [2.24, 2.45) is 5.92 Å². The summed E-state index contributed by atoms with van der Waals surface area (Å²) >= 11 is 5.97. The van der Waals surface area contributed by atoms with E-state index in [1.54, 1.807) is 12.1 Å². The summed E-state index contributed by atoms with van der Waals surface area (Å²) in [6.45, 7) is 5.68. The van der Waals surface area contributed by atoms with Crippen molar-refractivity contribution >= 4 is 27.3 Å².